The smallest absolute Gasteiger partial charge is 0.112 e. The van der Waals surface area contributed by atoms with E-state index in [2.05, 4.69) is 29.4 Å². The van der Waals surface area contributed by atoms with Crippen LogP contribution < -0.4 is 5.73 Å². The van der Waals surface area contributed by atoms with Gasteiger partial charge >= 0.3 is 0 Å². The quantitative estimate of drug-likeness (QED) is 0.860. The Bertz CT molecular complexity index is 609. The first-order valence-corrected chi connectivity index (χ1v) is 8.11. The molecule has 114 valence electrons. The van der Waals surface area contributed by atoms with E-state index in [1.165, 1.54) is 37.3 Å². The maximum Gasteiger partial charge on any atom is 0.112 e. The van der Waals surface area contributed by atoms with Crippen LogP contribution in [0.25, 0.3) is 11.0 Å². The monoisotopic (exact) mass is 286 g/mol. The van der Waals surface area contributed by atoms with Crippen LogP contribution in [0.4, 0.5) is 5.69 Å². The van der Waals surface area contributed by atoms with Gasteiger partial charge in [0.2, 0.25) is 0 Å². The van der Waals surface area contributed by atoms with E-state index in [0.717, 1.165) is 30.7 Å². The molecule has 0 atom stereocenters. The number of fused-ring (bicyclic) bond motifs is 1. The molecule has 0 unspecified atom stereocenters. The molecule has 2 heterocycles. The molecule has 2 N–H and O–H groups in total. The number of nitrogens with two attached hydrogens (primary N) is 1. The molecule has 1 aliphatic rings. The number of anilines is 1. The maximum atomic E-state index is 6.10. The average Bonchev–Trinajstić information content (AvgIpc) is 3.04. The summed E-state index contributed by atoms with van der Waals surface area (Å²) in [5, 5.41) is 0. The molecule has 0 aliphatic carbocycles. The number of aromatic nitrogens is 2. The van der Waals surface area contributed by atoms with E-state index < -0.39 is 0 Å². The number of para-hydroxylation sites is 1. The molecule has 1 aromatic carbocycles. The van der Waals surface area contributed by atoms with Crippen LogP contribution in [0, 0.1) is 5.92 Å². The van der Waals surface area contributed by atoms with Crippen molar-refractivity contribution in [3.05, 3.63) is 24.0 Å². The van der Waals surface area contributed by atoms with Crippen molar-refractivity contribution < 1.29 is 0 Å². The fourth-order valence-corrected chi connectivity index (χ4v) is 3.23. The van der Waals surface area contributed by atoms with Crippen LogP contribution in [0.2, 0.25) is 0 Å². The number of hydrogen-bond donors (Lipinski definition) is 1. The van der Waals surface area contributed by atoms with Gasteiger partial charge in [-0.05, 0) is 44.0 Å². The second-order valence-corrected chi connectivity index (χ2v) is 6.54. The second kappa shape index (κ2) is 6.06. The van der Waals surface area contributed by atoms with Gasteiger partial charge in [0.25, 0.3) is 0 Å². The number of nitrogens with zero attached hydrogens (tertiary/aromatic N) is 3. The van der Waals surface area contributed by atoms with Crippen LogP contribution in [0.15, 0.2) is 18.2 Å². The summed E-state index contributed by atoms with van der Waals surface area (Å²) in [7, 11) is 0. The maximum absolute atomic E-state index is 6.10. The topological polar surface area (TPSA) is 47.1 Å². The average molecular weight is 286 g/mol. The first kappa shape index (κ1) is 14.4. The Morgan fingerprint density at radius 3 is 2.67 bits per heavy atom. The van der Waals surface area contributed by atoms with E-state index >= 15 is 0 Å². The number of rotatable bonds is 5. The lowest BCUT2D eigenvalue weighted by molar-refractivity contribution is 0.321. The number of imidazole rings is 1. The van der Waals surface area contributed by atoms with E-state index in [9.17, 15) is 0 Å². The zero-order chi connectivity index (χ0) is 14.8. The molecule has 1 aromatic heterocycles. The summed E-state index contributed by atoms with van der Waals surface area (Å²) in [4.78, 5) is 7.37. The molecule has 0 radical (unpaired) electrons. The van der Waals surface area contributed by atoms with E-state index in [1.54, 1.807) is 0 Å². The zero-order valence-electron chi connectivity index (χ0n) is 13.2. The van der Waals surface area contributed by atoms with Gasteiger partial charge in [0.1, 0.15) is 11.3 Å². The zero-order valence-corrected chi connectivity index (χ0v) is 13.2. The van der Waals surface area contributed by atoms with Crippen molar-refractivity contribution in [1.29, 1.82) is 0 Å². The molecule has 1 aliphatic heterocycles. The van der Waals surface area contributed by atoms with Gasteiger partial charge in [0.05, 0.1) is 11.2 Å². The highest BCUT2D eigenvalue weighted by atomic mass is 15.2. The summed E-state index contributed by atoms with van der Waals surface area (Å²) in [5.41, 5.74) is 9.04. The van der Waals surface area contributed by atoms with Gasteiger partial charge in [-0.1, -0.05) is 19.9 Å². The third-order valence-corrected chi connectivity index (χ3v) is 4.32. The van der Waals surface area contributed by atoms with Crippen LogP contribution in [-0.4, -0.2) is 34.1 Å². The van der Waals surface area contributed by atoms with Crippen molar-refractivity contribution in [1.82, 2.24) is 14.5 Å². The van der Waals surface area contributed by atoms with Crippen LogP contribution in [0.1, 0.15) is 32.5 Å². The van der Waals surface area contributed by atoms with E-state index in [-0.39, 0.29) is 0 Å². The van der Waals surface area contributed by atoms with Gasteiger partial charge < -0.3 is 15.2 Å². The van der Waals surface area contributed by atoms with E-state index in [4.69, 9.17) is 10.7 Å². The fourth-order valence-electron chi connectivity index (χ4n) is 3.23. The molecule has 0 amide bonds. The Labute approximate surface area is 126 Å². The lowest BCUT2D eigenvalue weighted by atomic mass is 10.1. The highest BCUT2D eigenvalue weighted by Crippen LogP contribution is 2.23. The molecule has 0 bridgehead atoms. The van der Waals surface area contributed by atoms with Crippen molar-refractivity contribution in [2.75, 3.05) is 25.4 Å². The van der Waals surface area contributed by atoms with Gasteiger partial charge in [0, 0.05) is 19.5 Å². The summed E-state index contributed by atoms with van der Waals surface area (Å²) in [6.07, 6.45) is 3.70. The van der Waals surface area contributed by atoms with Crippen molar-refractivity contribution in [2.45, 2.75) is 39.7 Å². The predicted octanol–water partition coefficient (Wildman–Crippen LogP) is 2.91. The highest BCUT2D eigenvalue weighted by Gasteiger charge is 2.16. The Morgan fingerprint density at radius 2 is 1.95 bits per heavy atom. The van der Waals surface area contributed by atoms with Crippen molar-refractivity contribution in [3.8, 4) is 0 Å². The minimum absolute atomic E-state index is 0.605. The van der Waals surface area contributed by atoms with Gasteiger partial charge in [-0.2, -0.15) is 0 Å². The predicted molar refractivity (Wildman–Crippen MR) is 88.4 cm³/mol. The largest absolute Gasteiger partial charge is 0.397 e. The Balaban J connectivity index is 1.90. The third-order valence-electron chi connectivity index (χ3n) is 4.32. The summed E-state index contributed by atoms with van der Waals surface area (Å²) in [5.74, 6) is 1.78. The minimum Gasteiger partial charge on any atom is -0.397 e. The first-order valence-electron chi connectivity index (χ1n) is 8.11. The molecule has 2 aromatic rings. The van der Waals surface area contributed by atoms with Crippen LogP contribution in [-0.2, 0) is 13.0 Å². The summed E-state index contributed by atoms with van der Waals surface area (Å²) >= 11 is 0. The van der Waals surface area contributed by atoms with E-state index in [0.29, 0.717) is 5.92 Å². The number of hydrogen-bond acceptors (Lipinski definition) is 3. The van der Waals surface area contributed by atoms with Gasteiger partial charge in [-0.3, -0.25) is 0 Å². The Morgan fingerprint density at radius 1 is 1.19 bits per heavy atom. The minimum atomic E-state index is 0.605. The van der Waals surface area contributed by atoms with Crippen molar-refractivity contribution in [2.24, 2.45) is 5.92 Å². The molecular formula is C17H26N4. The van der Waals surface area contributed by atoms with Crippen LogP contribution >= 0.6 is 0 Å². The molecule has 4 heteroatoms. The molecule has 4 nitrogen and oxygen atoms in total. The van der Waals surface area contributed by atoms with Gasteiger partial charge in [0.15, 0.2) is 0 Å². The summed E-state index contributed by atoms with van der Waals surface area (Å²) in [6, 6.07) is 6.12. The standard InChI is InChI=1S/C17H26N4/c1-13(2)12-16-19-17-14(18)6-5-7-15(17)21(16)11-10-20-8-3-4-9-20/h5-7,13H,3-4,8-12,18H2,1-2H3. The Hall–Kier alpha value is -1.55. The SMILES string of the molecule is CC(C)Cc1nc2c(N)cccc2n1CCN1CCCC1. The summed E-state index contributed by atoms with van der Waals surface area (Å²) < 4.78 is 2.38. The Kier molecular flexibility index (Phi) is 4.15. The second-order valence-electron chi connectivity index (χ2n) is 6.54. The molecule has 1 fully saturated rings. The fraction of sp³-hybridized carbons (Fsp3) is 0.588. The molecule has 21 heavy (non-hydrogen) atoms. The van der Waals surface area contributed by atoms with Gasteiger partial charge in [-0.15, -0.1) is 0 Å². The van der Waals surface area contributed by atoms with Crippen LogP contribution in [0.5, 0.6) is 0 Å². The number of likely N-dealkylation sites (tertiary alicyclic amines) is 1. The van der Waals surface area contributed by atoms with Crippen LogP contribution in [0.3, 0.4) is 0 Å². The molecule has 0 spiro atoms. The normalized spacial score (nSPS) is 16.3. The summed E-state index contributed by atoms with van der Waals surface area (Å²) in [6.45, 7) is 9.11. The molecule has 1 saturated heterocycles. The number of nitrogen functional groups attached to an aromatic ring is 1. The van der Waals surface area contributed by atoms with Crippen molar-refractivity contribution in [3.63, 3.8) is 0 Å². The lowest BCUT2D eigenvalue weighted by Crippen LogP contribution is -2.25. The highest BCUT2D eigenvalue weighted by molar-refractivity contribution is 5.87. The molecular weight excluding hydrogens is 260 g/mol. The van der Waals surface area contributed by atoms with Crippen molar-refractivity contribution >= 4 is 16.7 Å². The molecule has 3 rings (SSSR count). The lowest BCUT2D eigenvalue weighted by Gasteiger charge is -2.17. The molecule has 0 saturated carbocycles. The van der Waals surface area contributed by atoms with E-state index in [1.807, 2.05) is 12.1 Å². The van der Waals surface area contributed by atoms with Gasteiger partial charge in [-0.25, -0.2) is 4.98 Å². The first-order chi connectivity index (χ1) is 10.1. The number of benzene rings is 1. The third kappa shape index (κ3) is 3.05.